The van der Waals surface area contributed by atoms with E-state index in [1.807, 2.05) is 6.07 Å². The van der Waals surface area contributed by atoms with E-state index in [0.29, 0.717) is 16.7 Å². The molecule has 1 aromatic carbocycles. The number of unbranched alkanes of at least 4 members (excludes halogenated alkanes) is 3. The third-order valence-corrected chi connectivity index (χ3v) is 3.67. The normalized spacial score (nSPS) is 10.8. The minimum Gasteiger partial charge on any atom is -0.496 e. The molecule has 0 saturated carbocycles. The Morgan fingerprint density at radius 2 is 2.00 bits per heavy atom. The minimum atomic E-state index is -1.28. The maximum absolute atomic E-state index is 11.6. The molecule has 2 aromatic rings. The van der Waals surface area contributed by atoms with Crippen LogP contribution in [0.25, 0.3) is 11.0 Å². The molecule has 22 heavy (non-hydrogen) atoms. The molecule has 1 heterocycles. The number of carboxylic acids is 1. The first-order valence-electron chi connectivity index (χ1n) is 7.45. The number of ether oxygens (including phenoxy) is 1. The molecule has 0 radical (unpaired) electrons. The summed E-state index contributed by atoms with van der Waals surface area (Å²) in [5.74, 6) is -0.619. The standard InChI is InChI=1S/C17H20O5/c1-3-4-5-6-7-11-8-12-9-13(16(18)19)17(20)22-15(12)10-14(11)21-2/h8-10H,3-7H2,1-2H3,(H,18,19). The van der Waals surface area contributed by atoms with E-state index >= 15 is 0 Å². The summed E-state index contributed by atoms with van der Waals surface area (Å²) in [7, 11) is 1.57. The Kier molecular flexibility index (Phi) is 5.20. The Hall–Kier alpha value is -2.30. The molecule has 0 amide bonds. The Morgan fingerprint density at radius 3 is 2.64 bits per heavy atom. The average molecular weight is 304 g/mol. The monoisotopic (exact) mass is 304 g/mol. The highest BCUT2D eigenvalue weighted by molar-refractivity contribution is 5.92. The van der Waals surface area contributed by atoms with Crippen LogP contribution in [0.3, 0.4) is 0 Å². The minimum absolute atomic E-state index is 0.337. The third kappa shape index (κ3) is 3.47. The van der Waals surface area contributed by atoms with Crippen LogP contribution in [0.1, 0.15) is 48.5 Å². The van der Waals surface area contributed by atoms with Crippen molar-refractivity contribution in [3.63, 3.8) is 0 Å². The van der Waals surface area contributed by atoms with E-state index in [9.17, 15) is 9.59 Å². The number of benzene rings is 1. The maximum Gasteiger partial charge on any atom is 0.351 e. The highest BCUT2D eigenvalue weighted by Crippen LogP contribution is 2.27. The van der Waals surface area contributed by atoms with Gasteiger partial charge in [-0.3, -0.25) is 0 Å². The number of hydrogen-bond donors (Lipinski definition) is 1. The maximum atomic E-state index is 11.6. The lowest BCUT2D eigenvalue weighted by Gasteiger charge is -2.10. The quantitative estimate of drug-likeness (QED) is 0.624. The molecular formula is C17H20O5. The molecule has 5 heteroatoms. The van der Waals surface area contributed by atoms with Crippen molar-refractivity contribution in [1.82, 2.24) is 0 Å². The lowest BCUT2D eigenvalue weighted by Crippen LogP contribution is -2.13. The molecule has 5 nitrogen and oxygen atoms in total. The highest BCUT2D eigenvalue weighted by atomic mass is 16.5. The first kappa shape index (κ1) is 16.1. The summed E-state index contributed by atoms with van der Waals surface area (Å²) >= 11 is 0. The van der Waals surface area contributed by atoms with Crippen molar-refractivity contribution in [2.75, 3.05) is 7.11 Å². The number of aryl methyl sites for hydroxylation is 1. The Labute approximate surface area is 128 Å². The zero-order valence-electron chi connectivity index (χ0n) is 12.8. The van der Waals surface area contributed by atoms with Crippen molar-refractivity contribution in [1.29, 1.82) is 0 Å². The Bertz CT molecular complexity index is 730. The van der Waals surface area contributed by atoms with Crippen LogP contribution < -0.4 is 10.4 Å². The average Bonchev–Trinajstić information content (AvgIpc) is 2.50. The molecule has 0 aliphatic heterocycles. The Morgan fingerprint density at radius 1 is 1.23 bits per heavy atom. The molecule has 0 bridgehead atoms. The van der Waals surface area contributed by atoms with Gasteiger partial charge >= 0.3 is 11.6 Å². The zero-order valence-corrected chi connectivity index (χ0v) is 12.8. The highest BCUT2D eigenvalue weighted by Gasteiger charge is 2.14. The number of hydrogen-bond acceptors (Lipinski definition) is 4. The molecule has 0 aliphatic rings. The smallest absolute Gasteiger partial charge is 0.351 e. The zero-order chi connectivity index (χ0) is 16.1. The van der Waals surface area contributed by atoms with E-state index in [1.54, 1.807) is 13.2 Å². The fraction of sp³-hybridized carbons (Fsp3) is 0.412. The first-order valence-corrected chi connectivity index (χ1v) is 7.45. The van der Waals surface area contributed by atoms with Crippen molar-refractivity contribution in [3.05, 3.63) is 39.7 Å². The summed E-state index contributed by atoms with van der Waals surface area (Å²) in [6.45, 7) is 2.16. The number of rotatable bonds is 7. The number of aromatic carboxylic acids is 1. The van der Waals surface area contributed by atoms with Crippen LogP contribution in [0.4, 0.5) is 0 Å². The summed E-state index contributed by atoms with van der Waals surface area (Å²) in [5.41, 5.74) is 0.132. The molecule has 118 valence electrons. The van der Waals surface area contributed by atoms with Crippen molar-refractivity contribution >= 4 is 16.9 Å². The van der Waals surface area contributed by atoms with Crippen LogP contribution in [-0.4, -0.2) is 18.2 Å². The molecule has 1 N–H and O–H groups in total. The summed E-state index contributed by atoms with van der Waals surface area (Å²) in [5, 5.41) is 9.61. The SMILES string of the molecule is CCCCCCc1cc2cc(C(=O)O)c(=O)oc2cc1OC. The fourth-order valence-corrected chi connectivity index (χ4v) is 2.47. The van der Waals surface area contributed by atoms with Gasteiger partial charge in [-0.15, -0.1) is 0 Å². The molecule has 0 spiro atoms. The number of carboxylic acid groups (broad SMARTS) is 1. The van der Waals surface area contributed by atoms with Gasteiger partial charge in [-0.1, -0.05) is 26.2 Å². The summed E-state index contributed by atoms with van der Waals surface area (Å²) in [6.07, 6.45) is 5.39. The van der Waals surface area contributed by atoms with Gasteiger partial charge < -0.3 is 14.3 Å². The van der Waals surface area contributed by atoms with Crippen molar-refractivity contribution < 1.29 is 19.1 Å². The molecule has 1 aromatic heterocycles. The van der Waals surface area contributed by atoms with Gasteiger partial charge in [-0.05, 0) is 30.5 Å². The van der Waals surface area contributed by atoms with E-state index in [2.05, 4.69) is 6.92 Å². The van der Waals surface area contributed by atoms with Crippen LogP contribution in [0.2, 0.25) is 0 Å². The number of fused-ring (bicyclic) bond motifs is 1. The predicted octanol–water partition coefficient (Wildman–Crippen LogP) is 3.62. The van der Waals surface area contributed by atoms with Crippen LogP contribution in [0, 0.1) is 0 Å². The molecule has 0 atom stereocenters. The van der Waals surface area contributed by atoms with Crippen LogP contribution in [-0.2, 0) is 6.42 Å². The van der Waals surface area contributed by atoms with Gasteiger partial charge in [0, 0.05) is 11.5 Å². The lowest BCUT2D eigenvalue weighted by atomic mass is 10.0. The van der Waals surface area contributed by atoms with Crippen LogP contribution >= 0.6 is 0 Å². The molecule has 0 aliphatic carbocycles. The second kappa shape index (κ2) is 7.11. The van der Waals surface area contributed by atoms with E-state index in [0.717, 1.165) is 24.8 Å². The van der Waals surface area contributed by atoms with E-state index in [-0.39, 0.29) is 5.56 Å². The summed E-state index contributed by atoms with van der Waals surface area (Å²) in [6, 6.07) is 4.85. The van der Waals surface area contributed by atoms with E-state index in [1.165, 1.54) is 18.9 Å². The van der Waals surface area contributed by atoms with E-state index < -0.39 is 11.6 Å². The predicted molar refractivity (Wildman–Crippen MR) is 83.8 cm³/mol. The van der Waals surface area contributed by atoms with Gasteiger partial charge in [0.1, 0.15) is 16.9 Å². The molecule has 0 fully saturated rings. The van der Waals surface area contributed by atoms with E-state index in [4.69, 9.17) is 14.3 Å². The van der Waals surface area contributed by atoms with Gasteiger partial charge in [-0.2, -0.15) is 0 Å². The summed E-state index contributed by atoms with van der Waals surface area (Å²) in [4.78, 5) is 22.6. The van der Waals surface area contributed by atoms with Crippen LogP contribution in [0.5, 0.6) is 5.75 Å². The van der Waals surface area contributed by atoms with Gasteiger partial charge in [0.25, 0.3) is 0 Å². The molecular weight excluding hydrogens is 284 g/mol. The fourth-order valence-electron chi connectivity index (χ4n) is 2.47. The molecule has 0 unspecified atom stereocenters. The second-order valence-electron chi connectivity index (χ2n) is 5.27. The van der Waals surface area contributed by atoms with Crippen molar-refractivity contribution in [3.8, 4) is 5.75 Å². The molecule has 0 saturated heterocycles. The van der Waals surface area contributed by atoms with Gasteiger partial charge in [0.15, 0.2) is 0 Å². The summed E-state index contributed by atoms with van der Waals surface area (Å²) < 4.78 is 10.4. The third-order valence-electron chi connectivity index (χ3n) is 3.67. The Balaban J connectivity index is 2.41. The lowest BCUT2D eigenvalue weighted by molar-refractivity contribution is 0.0692. The number of carbonyl (C=O) groups is 1. The largest absolute Gasteiger partial charge is 0.496 e. The van der Waals surface area contributed by atoms with Crippen LogP contribution in [0.15, 0.2) is 27.4 Å². The van der Waals surface area contributed by atoms with Crippen molar-refractivity contribution in [2.45, 2.75) is 39.0 Å². The number of methoxy groups -OCH3 is 1. The van der Waals surface area contributed by atoms with Gasteiger partial charge in [0.2, 0.25) is 0 Å². The van der Waals surface area contributed by atoms with Crippen molar-refractivity contribution in [2.24, 2.45) is 0 Å². The topological polar surface area (TPSA) is 76.7 Å². The molecule has 2 rings (SSSR count). The van der Waals surface area contributed by atoms with Gasteiger partial charge in [-0.25, -0.2) is 9.59 Å². The second-order valence-corrected chi connectivity index (χ2v) is 5.27. The van der Waals surface area contributed by atoms with Gasteiger partial charge in [0.05, 0.1) is 7.11 Å². The first-order chi connectivity index (χ1) is 10.6.